The zero-order valence-electron chi connectivity index (χ0n) is 13.2. The molecule has 0 aliphatic heterocycles. The van der Waals surface area contributed by atoms with Gasteiger partial charge in [-0.25, -0.2) is 4.98 Å². The normalized spacial score (nSPS) is 11.6. The molecule has 23 heavy (non-hydrogen) atoms. The first-order chi connectivity index (χ1) is 11.1. The zero-order valence-corrected chi connectivity index (χ0v) is 13.2. The Morgan fingerprint density at radius 2 is 1.83 bits per heavy atom. The van der Waals surface area contributed by atoms with Crippen molar-refractivity contribution in [1.29, 1.82) is 0 Å². The van der Waals surface area contributed by atoms with Gasteiger partial charge in [0.05, 0.1) is 12.2 Å². The van der Waals surface area contributed by atoms with E-state index in [1.54, 1.807) is 24.4 Å². The zero-order chi connectivity index (χ0) is 16.7. The van der Waals surface area contributed by atoms with Crippen molar-refractivity contribution in [2.75, 3.05) is 0 Å². The lowest BCUT2D eigenvalue weighted by molar-refractivity contribution is 0.0933. The number of aromatic nitrogens is 2. The van der Waals surface area contributed by atoms with E-state index in [4.69, 9.17) is 0 Å². The van der Waals surface area contributed by atoms with Crippen molar-refractivity contribution >= 4 is 11.8 Å². The Hall–Kier alpha value is -2.76. The van der Waals surface area contributed by atoms with Crippen molar-refractivity contribution in [3.05, 3.63) is 59.7 Å². The summed E-state index contributed by atoms with van der Waals surface area (Å²) in [5.41, 5.74) is 1.19. The Labute approximate surface area is 135 Å². The van der Waals surface area contributed by atoms with Gasteiger partial charge in [-0.05, 0) is 37.6 Å². The van der Waals surface area contributed by atoms with Gasteiger partial charge < -0.3 is 10.6 Å². The quantitative estimate of drug-likeness (QED) is 0.853. The first kappa shape index (κ1) is 16.6. The maximum Gasteiger partial charge on any atom is 0.270 e. The first-order valence-corrected chi connectivity index (χ1v) is 7.56. The Balaban J connectivity index is 2.01. The highest BCUT2D eigenvalue weighted by atomic mass is 16.2. The number of rotatable bonds is 6. The van der Waals surface area contributed by atoms with Crippen molar-refractivity contribution in [1.82, 2.24) is 20.6 Å². The van der Waals surface area contributed by atoms with Gasteiger partial charge in [-0.15, -0.1) is 0 Å². The SMILES string of the molecule is CCC(C)NC(=O)c1cccc(C(=O)NCc2ccccn2)n1. The third-order valence-corrected chi connectivity index (χ3v) is 3.36. The van der Waals surface area contributed by atoms with Crippen LogP contribution in [-0.2, 0) is 6.54 Å². The van der Waals surface area contributed by atoms with Gasteiger partial charge in [0.25, 0.3) is 11.8 Å². The smallest absolute Gasteiger partial charge is 0.270 e. The molecule has 2 amide bonds. The molecule has 0 fully saturated rings. The average Bonchev–Trinajstić information content (AvgIpc) is 2.60. The molecule has 0 radical (unpaired) electrons. The number of nitrogens with one attached hydrogen (secondary N) is 2. The molecule has 2 N–H and O–H groups in total. The van der Waals surface area contributed by atoms with Crippen LogP contribution in [0.2, 0.25) is 0 Å². The molecule has 0 spiro atoms. The molecule has 1 atom stereocenters. The van der Waals surface area contributed by atoms with E-state index in [9.17, 15) is 9.59 Å². The molecule has 6 nitrogen and oxygen atoms in total. The van der Waals surface area contributed by atoms with E-state index in [-0.39, 0.29) is 29.2 Å². The predicted octanol–water partition coefficient (Wildman–Crippen LogP) is 1.93. The number of nitrogens with zero attached hydrogens (tertiary/aromatic N) is 2. The molecular formula is C17H20N4O2. The fraction of sp³-hybridized carbons (Fsp3) is 0.294. The van der Waals surface area contributed by atoms with Crippen LogP contribution in [0, 0.1) is 0 Å². The second kappa shape index (κ2) is 8.03. The highest BCUT2D eigenvalue weighted by Crippen LogP contribution is 2.02. The molecule has 2 aromatic heterocycles. The molecule has 6 heteroatoms. The predicted molar refractivity (Wildman–Crippen MR) is 86.9 cm³/mol. The third-order valence-electron chi connectivity index (χ3n) is 3.36. The standard InChI is InChI=1S/C17H20N4O2/c1-3-12(2)20-17(23)15-9-6-8-14(21-15)16(22)19-11-13-7-4-5-10-18-13/h4-10,12H,3,11H2,1-2H3,(H,19,22)(H,20,23). The lowest BCUT2D eigenvalue weighted by Gasteiger charge is -2.11. The van der Waals surface area contributed by atoms with Crippen LogP contribution in [0.15, 0.2) is 42.6 Å². The van der Waals surface area contributed by atoms with Crippen LogP contribution in [0.5, 0.6) is 0 Å². The van der Waals surface area contributed by atoms with E-state index in [0.717, 1.165) is 12.1 Å². The summed E-state index contributed by atoms with van der Waals surface area (Å²) in [6.45, 7) is 4.21. The Bertz CT molecular complexity index is 673. The molecule has 0 bridgehead atoms. The molecule has 120 valence electrons. The minimum atomic E-state index is -0.339. The van der Waals surface area contributed by atoms with Gasteiger partial charge in [0.15, 0.2) is 0 Å². The van der Waals surface area contributed by atoms with Crippen LogP contribution in [0.4, 0.5) is 0 Å². The van der Waals surface area contributed by atoms with Crippen LogP contribution >= 0.6 is 0 Å². The maximum atomic E-state index is 12.1. The molecule has 0 saturated heterocycles. The summed E-state index contributed by atoms with van der Waals surface area (Å²) >= 11 is 0. The number of hydrogen-bond acceptors (Lipinski definition) is 4. The van der Waals surface area contributed by atoms with Crippen molar-refractivity contribution < 1.29 is 9.59 Å². The van der Waals surface area contributed by atoms with Crippen molar-refractivity contribution in [2.45, 2.75) is 32.9 Å². The summed E-state index contributed by atoms with van der Waals surface area (Å²) in [5, 5.41) is 5.56. The van der Waals surface area contributed by atoms with Gasteiger partial charge in [-0.1, -0.05) is 19.1 Å². The van der Waals surface area contributed by atoms with Gasteiger partial charge in [0, 0.05) is 12.2 Å². The summed E-state index contributed by atoms with van der Waals surface area (Å²) in [7, 11) is 0. The summed E-state index contributed by atoms with van der Waals surface area (Å²) in [6.07, 6.45) is 2.50. The molecule has 2 rings (SSSR count). The highest BCUT2D eigenvalue weighted by molar-refractivity contribution is 5.96. The summed E-state index contributed by atoms with van der Waals surface area (Å²) in [6, 6.07) is 10.4. The Morgan fingerprint density at radius 1 is 1.09 bits per heavy atom. The van der Waals surface area contributed by atoms with Gasteiger partial charge in [-0.3, -0.25) is 14.6 Å². The maximum absolute atomic E-state index is 12.1. The van der Waals surface area contributed by atoms with Gasteiger partial charge in [0.2, 0.25) is 0 Å². The topological polar surface area (TPSA) is 84.0 Å². The molecular weight excluding hydrogens is 292 g/mol. The molecule has 0 aliphatic rings. The monoisotopic (exact) mass is 312 g/mol. The Morgan fingerprint density at radius 3 is 2.48 bits per heavy atom. The van der Waals surface area contributed by atoms with Crippen molar-refractivity contribution in [3.63, 3.8) is 0 Å². The molecule has 2 heterocycles. The average molecular weight is 312 g/mol. The molecule has 0 saturated carbocycles. The van der Waals surface area contributed by atoms with Crippen LogP contribution in [0.3, 0.4) is 0 Å². The van der Waals surface area contributed by atoms with Crippen LogP contribution in [0.1, 0.15) is 46.9 Å². The minimum absolute atomic E-state index is 0.0611. The lowest BCUT2D eigenvalue weighted by Crippen LogP contribution is -2.33. The van der Waals surface area contributed by atoms with Crippen LogP contribution in [0.25, 0.3) is 0 Å². The van der Waals surface area contributed by atoms with E-state index < -0.39 is 0 Å². The summed E-state index contributed by atoms with van der Waals surface area (Å²) in [5.74, 6) is -0.618. The summed E-state index contributed by atoms with van der Waals surface area (Å²) in [4.78, 5) is 32.5. The third kappa shape index (κ3) is 4.88. The number of amides is 2. The molecule has 0 aromatic carbocycles. The largest absolute Gasteiger partial charge is 0.348 e. The summed E-state index contributed by atoms with van der Waals surface area (Å²) < 4.78 is 0. The van der Waals surface area contributed by atoms with Crippen molar-refractivity contribution in [2.24, 2.45) is 0 Å². The van der Waals surface area contributed by atoms with E-state index >= 15 is 0 Å². The van der Waals surface area contributed by atoms with Gasteiger partial charge in [-0.2, -0.15) is 0 Å². The van der Waals surface area contributed by atoms with Gasteiger partial charge >= 0.3 is 0 Å². The van der Waals surface area contributed by atoms with Gasteiger partial charge in [0.1, 0.15) is 11.4 Å². The van der Waals surface area contributed by atoms with Crippen LogP contribution < -0.4 is 10.6 Å². The Kier molecular flexibility index (Phi) is 5.80. The first-order valence-electron chi connectivity index (χ1n) is 7.56. The number of carbonyl (C=O) groups is 2. The second-order valence-electron chi connectivity index (χ2n) is 5.19. The molecule has 2 aromatic rings. The molecule has 0 aliphatic carbocycles. The number of carbonyl (C=O) groups excluding carboxylic acids is 2. The van der Waals surface area contributed by atoms with E-state index in [1.807, 2.05) is 32.0 Å². The highest BCUT2D eigenvalue weighted by Gasteiger charge is 2.13. The lowest BCUT2D eigenvalue weighted by atomic mass is 10.2. The number of pyridine rings is 2. The fourth-order valence-electron chi connectivity index (χ4n) is 1.85. The van der Waals surface area contributed by atoms with Crippen molar-refractivity contribution in [3.8, 4) is 0 Å². The van der Waals surface area contributed by atoms with E-state index in [0.29, 0.717) is 6.54 Å². The molecule has 1 unspecified atom stereocenters. The van der Waals surface area contributed by atoms with E-state index in [2.05, 4.69) is 20.6 Å². The van der Waals surface area contributed by atoms with Crippen LogP contribution in [-0.4, -0.2) is 27.8 Å². The number of hydrogen-bond donors (Lipinski definition) is 2. The van der Waals surface area contributed by atoms with E-state index in [1.165, 1.54) is 0 Å². The second-order valence-corrected chi connectivity index (χ2v) is 5.19. The fourth-order valence-corrected chi connectivity index (χ4v) is 1.85. The minimum Gasteiger partial charge on any atom is -0.348 e.